The average molecular weight is 295 g/mol. The van der Waals surface area contributed by atoms with Gasteiger partial charge in [-0.05, 0) is 70.9 Å². The van der Waals surface area contributed by atoms with Gasteiger partial charge in [0.15, 0.2) is 0 Å². The normalized spacial score (nSPS) is 25.1. The molecule has 0 radical (unpaired) electrons. The number of likely N-dealkylation sites (tertiary alicyclic amines) is 1. The molecular weight excluding hydrogens is 256 g/mol. The van der Waals surface area contributed by atoms with Gasteiger partial charge in [0.05, 0.1) is 0 Å². The number of rotatable bonds is 5. The summed E-state index contributed by atoms with van der Waals surface area (Å²) >= 11 is 0. The Balaban J connectivity index is 1.90. The van der Waals surface area contributed by atoms with Crippen LogP contribution in [0.3, 0.4) is 0 Å². The van der Waals surface area contributed by atoms with Crippen LogP contribution in [0.15, 0.2) is 0 Å². The standard InChI is InChI=1S/C19H38N2/c1-5-17-9-13-21(14-10-17)16-19(11-7-6-8-12-19)15-20-18(2,3)4/h17,20H,5-16H2,1-4H3. The molecule has 0 bridgehead atoms. The van der Waals surface area contributed by atoms with Gasteiger partial charge in [-0.15, -0.1) is 0 Å². The van der Waals surface area contributed by atoms with Crippen LogP contribution in [-0.2, 0) is 0 Å². The summed E-state index contributed by atoms with van der Waals surface area (Å²) in [4.78, 5) is 2.78. The number of piperidine rings is 1. The third-order valence-electron chi connectivity index (χ3n) is 5.75. The summed E-state index contributed by atoms with van der Waals surface area (Å²) in [6, 6.07) is 0. The van der Waals surface area contributed by atoms with E-state index < -0.39 is 0 Å². The van der Waals surface area contributed by atoms with Crippen molar-refractivity contribution in [2.75, 3.05) is 26.2 Å². The van der Waals surface area contributed by atoms with Crippen LogP contribution in [-0.4, -0.2) is 36.6 Å². The summed E-state index contributed by atoms with van der Waals surface area (Å²) < 4.78 is 0. The highest BCUT2D eigenvalue weighted by molar-refractivity contribution is 4.90. The Bertz CT molecular complexity index is 291. The second-order valence-corrected chi connectivity index (χ2v) is 8.79. The Morgan fingerprint density at radius 1 is 1.05 bits per heavy atom. The van der Waals surface area contributed by atoms with E-state index in [0.717, 1.165) is 5.92 Å². The van der Waals surface area contributed by atoms with E-state index >= 15 is 0 Å². The second kappa shape index (κ2) is 7.46. The minimum atomic E-state index is 0.250. The van der Waals surface area contributed by atoms with Gasteiger partial charge in [-0.25, -0.2) is 0 Å². The predicted octanol–water partition coefficient (Wildman–Crippen LogP) is 4.45. The fraction of sp³-hybridized carbons (Fsp3) is 1.00. The summed E-state index contributed by atoms with van der Waals surface area (Å²) in [5.41, 5.74) is 0.796. The summed E-state index contributed by atoms with van der Waals surface area (Å²) in [6.07, 6.45) is 11.4. The maximum Gasteiger partial charge on any atom is 0.00967 e. The first kappa shape index (κ1) is 17.3. The molecule has 1 heterocycles. The zero-order chi connectivity index (χ0) is 15.3. The molecule has 0 aromatic rings. The highest BCUT2D eigenvalue weighted by Gasteiger charge is 2.35. The van der Waals surface area contributed by atoms with Crippen LogP contribution >= 0.6 is 0 Å². The zero-order valence-corrected chi connectivity index (χ0v) is 15.0. The van der Waals surface area contributed by atoms with E-state index in [-0.39, 0.29) is 5.54 Å². The van der Waals surface area contributed by atoms with Crippen molar-refractivity contribution >= 4 is 0 Å². The molecular formula is C19H38N2. The smallest absolute Gasteiger partial charge is 0.00967 e. The van der Waals surface area contributed by atoms with Crippen molar-refractivity contribution in [2.45, 2.75) is 84.6 Å². The molecule has 0 aromatic heterocycles. The molecule has 1 aliphatic heterocycles. The first-order valence-corrected chi connectivity index (χ1v) is 9.40. The lowest BCUT2D eigenvalue weighted by atomic mass is 9.73. The molecule has 124 valence electrons. The van der Waals surface area contributed by atoms with E-state index in [1.807, 2.05) is 0 Å². The van der Waals surface area contributed by atoms with Crippen molar-refractivity contribution in [1.29, 1.82) is 0 Å². The number of nitrogens with zero attached hydrogens (tertiary/aromatic N) is 1. The predicted molar refractivity (Wildman–Crippen MR) is 92.7 cm³/mol. The zero-order valence-electron chi connectivity index (χ0n) is 15.0. The maximum atomic E-state index is 3.82. The fourth-order valence-electron chi connectivity index (χ4n) is 4.17. The molecule has 0 atom stereocenters. The Kier molecular flexibility index (Phi) is 6.14. The summed E-state index contributed by atoms with van der Waals surface area (Å²) in [5.74, 6) is 0.997. The second-order valence-electron chi connectivity index (χ2n) is 8.79. The van der Waals surface area contributed by atoms with Gasteiger partial charge in [-0.1, -0.05) is 32.6 Å². The van der Waals surface area contributed by atoms with Gasteiger partial charge in [0, 0.05) is 18.6 Å². The number of hydrogen-bond acceptors (Lipinski definition) is 2. The van der Waals surface area contributed by atoms with Gasteiger partial charge in [-0.2, -0.15) is 0 Å². The third-order valence-corrected chi connectivity index (χ3v) is 5.75. The van der Waals surface area contributed by atoms with Crippen LogP contribution in [0, 0.1) is 11.3 Å². The maximum absolute atomic E-state index is 3.82. The van der Waals surface area contributed by atoms with Crippen molar-refractivity contribution in [3.05, 3.63) is 0 Å². The van der Waals surface area contributed by atoms with E-state index in [4.69, 9.17) is 0 Å². The topological polar surface area (TPSA) is 15.3 Å². The van der Waals surface area contributed by atoms with E-state index in [9.17, 15) is 0 Å². The molecule has 0 aromatic carbocycles. The Morgan fingerprint density at radius 2 is 1.67 bits per heavy atom. The van der Waals surface area contributed by atoms with E-state index in [1.54, 1.807) is 0 Å². The Hall–Kier alpha value is -0.0800. The van der Waals surface area contributed by atoms with Crippen LogP contribution in [0.5, 0.6) is 0 Å². The largest absolute Gasteiger partial charge is 0.311 e. The average Bonchev–Trinajstić information content (AvgIpc) is 2.46. The Labute approximate surface area is 133 Å². The van der Waals surface area contributed by atoms with Crippen LogP contribution in [0.2, 0.25) is 0 Å². The Morgan fingerprint density at radius 3 is 2.19 bits per heavy atom. The highest BCUT2D eigenvalue weighted by atomic mass is 15.1. The molecule has 2 fully saturated rings. The molecule has 0 amide bonds. The minimum absolute atomic E-state index is 0.250. The molecule has 2 aliphatic rings. The van der Waals surface area contributed by atoms with Crippen molar-refractivity contribution < 1.29 is 0 Å². The van der Waals surface area contributed by atoms with Gasteiger partial charge in [0.2, 0.25) is 0 Å². The van der Waals surface area contributed by atoms with Crippen LogP contribution < -0.4 is 5.32 Å². The lowest BCUT2D eigenvalue weighted by Gasteiger charge is -2.44. The van der Waals surface area contributed by atoms with Crippen molar-refractivity contribution in [2.24, 2.45) is 11.3 Å². The van der Waals surface area contributed by atoms with Gasteiger partial charge in [0.25, 0.3) is 0 Å². The van der Waals surface area contributed by atoms with Gasteiger partial charge < -0.3 is 10.2 Å². The molecule has 2 nitrogen and oxygen atoms in total. The summed E-state index contributed by atoms with van der Waals surface area (Å²) in [7, 11) is 0. The highest BCUT2D eigenvalue weighted by Crippen LogP contribution is 2.38. The SMILES string of the molecule is CCC1CCN(CC2(CNC(C)(C)C)CCCCC2)CC1. The molecule has 1 aliphatic carbocycles. The molecule has 0 unspecified atom stereocenters. The van der Waals surface area contributed by atoms with Crippen LogP contribution in [0.1, 0.15) is 79.1 Å². The lowest BCUT2D eigenvalue weighted by molar-refractivity contribution is 0.0721. The first-order chi connectivity index (χ1) is 9.92. The number of nitrogens with one attached hydrogen (secondary N) is 1. The lowest BCUT2D eigenvalue weighted by Crippen LogP contribution is -2.50. The molecule has 21 heavy (non-hydrogen) atoms. The van der Waals surface area contributed by atoms with Crippen LogP contribution in [0.4, 0.5) is 0 Å². The minimum Gasteiger partial charge on any atom is -0.311 e. The van der Waals surface area contributed by atoms with Gasteiger partial charge in [-0.3, -0.25) is 0 Å². The summed E-state index contributed by atoms with van der Waals surface area (Å²) in [5, 5.41) is 3.82. The molecule has 1 saturated heterocycles. The van der Waals surface area contributed by atoms with Crippen molar-refractivity contribution in [1.82, 2.24) is 10.2 Å². The van der Waals surface area contributed by atoms with E-state index in [1.165, 1.54) is 77.5 Å². The fourth-order valence-corrected chi connectivity index (χ4v) is 4.17. The first-order valence-electron chi connectivity index (χ1n) is 9.40. The van der Waals surface area contributed by atoms with Gasteiger partial charge in [0.1, 0.15) is 0 Å². The monoisotopic (exact) mass is 294 g/mol. The van der Waals surface area contributed by atoms with E-state index in [2.05, 4.69) is 37.9 Å². The quantitative estimate of drug-likeness (QED) is 0.806. The third kappa shape index (κ3) is 5.56. The van der Waals surface area contributed by atoms with Gasteiger partial charge >= 0.3 is 0 Å². The molecule has 1 N–H and O–H groups in total. The molecule has 1 saturated carbocycles. The van der Waals surface area contributed by atoms with Crippen molar-refractivity contribution in [3.8, 4) is 0 Å². The summed E-state index contributed by atoms with van der Waals surface area (Å²) in [6.45, 7) is 14.5. The van der Waals surface area contributed by atoms with Crippen molar-refractivity contribution in [3.63, 3.8) is 0 Å². The molecule has 0 spiro atoms. The number of hydrogen-bond donors (Lipinski definition) is 1. The van der Waals surface area contributed by atoms with E-state index in [0.29, 0.717) is 5.41 Å². The molecule has 2 heteroatoms. The molecule has 2 rings (SSSR count). The van der Waals surface area contributed by atoms with Crippen LogP contribution in [0.25, 0.3) is 0 Å².